The van der Waals surface area contributed by atoms with E-state index in [0.29, 0.717) is 12.1 Å². The molecule has 2 N–H and O–H groups in total. The predicted octanol–water partition coefficient (Wildman–Crippen LogP) is 2.00. The summed E-state index contributed by atoms with van der Waals surface area (Å²) in [5.41, 5.74) is 5.97. The number of ether oxygens (including phenoxy) is 1. The molecule has 1 aliphatic carbocycles. The van der Waals surface area contributed by atoms with Gasteiger partial charge in [-0.15, -0.1) is 0 Å². The summed E-state index contributed by atoms with van der Waals surface area (Å²) in [6, 6.07) is 1.31. The van der Waals surface area contributed by atoms with Gasteiger partial charge in [0.25, 0.3) is 0 Å². The first-order valence-electron chi connectivity index (χ1n) is 7.24. The van der Waals surface area contributed by atoms with Crippen LogP contribution in [0, 0.1) is 5.92 Å². The van der Waals surface area contributed by atoms with Gasteiger partial charge in [0.15, 0.2) is 0 Å². The van der Waals surface area contributed by atoms with Crippen LogP contribution in [0.25, 0.3) is 0 Å². The van der Waals surface area contributed by atoms with Crippen LogP contribution in [0.5, 0.6) is 0 Å². The molecule has 0 spiro atoms. The third-order valence-electron chi connectivity index (χ3n) is 4.81. The molecule has 100 valence electrons. The molecule has 2 rings (SSSR count). The molecule has 0 aromatic carbocycles. The summed E-state index contributed by atoms with van der Waals surface area (Å²) in [7, 11) is 1.83. The normalized spacial score (nSPS) is 40.4. The van der Waals surface area contributed by atoms with Crippen LogP contribution >= 0.6 is 0 Å². The monoisotopic (exact) mass is 240 g/mol. The molecule has 1 aliphatic heterocycles. The molecule has 1 saturated heterocycles. The van der Waals surface area contributed by atoms with E-state index in [1.807, 2.05) is 7.11 Å². The summed E-state index contributed by atoms with van der Waals surface area (Å²) >= 11 is 0. The maximum absolute atomic E-state index is 5.97. The second kappa shape index (κ2) is 6.17. The van der Waals surface area contributed by atoms with Crippen LogP contribution in [-0.4, -0.2) is 43.3 Å². The lowest BCUT2D eigenvalue weighted by Gasteiger charge is -2.46. The molecule has 1 saturated carbocycles. The van der Waals surface area contributed by atoms with Gasteiger partial charge in [-0.1, -0.05) is 19.8 Å². The van der Waals surface area contributed by atoms with E-state index in [1.165, 1.54) is 38.6 Å². The van der Waals surface area contributed by atoms with Crippen LogP contribution < -0.4 is 5.73 Å². The smallest absolute Gasteiger partial charge is 0.0599 e. The lowest BCUT2D eigenvalue weighted by Crippen LogP contribution is -2.55. The molecule has 3 heteroatoms. The van der Waals surface area contributed by atoms with E-state index in [2.05, 4.69) is 11.8 Å². The number of hydrogen-bond donors (Lipinski definition) is 1. The first-order valence-corrected chi connectivity index (χ1v) is 7.24. The Morgan fingerprint density at radius 1 is 1.24 bits per heavy atom. The minimum atomic E-state index is 0.429. The van der Waals surface area contributed by atoms with Gasteiger partial charge in [-0.2, -0.15) is 0 Å². The van der Waals surface area contributed by atoms with Crippen molar-refractivity contribution in [3.8, 4) is 0 Å². The van der Waals surface area contributed by atoms with Crippen molar-refractivity contribution in [3.63, 3.8) is 0 Å². The molecule has 0 bridgehead atoms. The number of piperidine rings is 1. The molecule has 3 nitrogen and oxygen atoms in total. The number of nitrogens with zero attached hydrogens (tertiary/aromatic N) is 1. The van der Waals surface area contributed by atoms with Gasteiger partial charge in [-0.25, -0.2) is 0 Å². The molecule has 0 radical (unpaired) electrons. The zero-order valence-corrected chi connectivity index (χ0v) is 11.4. The van der Waals surface area contributed by atoms with E-state index < -0.39 is 0 Å². The maximum Gasteiger partial charge on any atom is 0.0599 e. The summed E-state index contributed by atoms with van der Waals surface area (Å²) in [6.45, 7) is 4.37. The van der Waals surface area contributed by atoms with Crippen molar-refractivity contribution >= 4 is 0 Å². The number of rotatable bonds is 3. The quantitative estimate of drug-likeness (QED) is 0.820. The molecule has 1 heterocycles. The summed E-state index contributed by atoms with van der Waals surface area (Å²) < 4.78 is 5.50. The lowest BCUT2D eigenvalue weighted by atomic mass is 9.82. The van der Waals surface area contributed by atoms with Gasteiger partial charge in [0, 0.05) is 32.3 Å². The van der Waals surface area contributed by atoms with Crippen LogP contribution in [0.4, 0.5) is 0 Å². The third-order valence-corrected chi connectivity index (χ3v) is 4.81. The topological polar surface area (TPSA) is 38.5 Å². The van der Waals surface area contributed by atoms with Crippen LogP contribution in [0.15, 0.2) is 0 Å². The Labute approximate surface area is 106 Å². The van der Waals surface area contributed by atoms with Crippen molar-refractivity contribution in [1.29, 1.82) is 0 Å². The molecular formula is C14H28N2O. The number of hydrogen-bond acceptors (Lipinski definition) is 3. The molecule has 2 fully saturated rings. The van der Waals surface area contributed by atoms with Crippen molar-refractivity contribution in [1.82, 2.24) is 4.90 Å². The first-order chi connectivity index (χ1) is 8.26. The molecule has 4 unspecified atom stereocenters. The zero-order valence-electron chi connectivity index (χ0n) is 11.4. The van der Waals surface area contributed by atoms with Crippen LogP contribution in [-0.2, 0) is 4.74 Å². The highest BCUT2D eigenvalue weighted by Crippen LogP contribution is 2.32. The van der Waals surface area contributed by atoms with Gasteiger partial charge >= 0.3 is 0 Å². The maximum atomic E-state index is 5.97. The minimum Gasteiger partial charge on any atom is -0.381 e. The highest BCUT2D eigenvalue weighted by atomic mass is 16.5. The van der Waals surface area contributed by atoms with Gasteiger partial charge in [0.1, 0.15) is 0 Å². The number of methoxy groups -OCH3 is 1. The van der Waals surface area contributed by atoms with E-state index in [0.717, 1.165) is 24.9 Å². The summed E-state index contributed by atoms with van der Waals surface area (Å²) in [5, 5.41) is 0. The fourth-order valence-electron chi connectivity index (χ4n) is 3.70. The van der Waals surface area contributed by atoms with E-state index in [9.17, 15) is 0 Å². The average molecular weight is 240 g/mol. The van der Waals surface area contributed by atoms with Gasteiger partial charge in [-0.3, -0.25) is 4.90 Å². The van der Waals surface area contributed by atoms with Crippen LogP contribution in [0.2, 0.25) is 0 Å². The van der Waals surface area contributed by atoms with Crippen molar-refractivity contribution in [2.24, 2.45) is 11.7 Å². The first kappa shape index (κ1) is 13.3. The standard InChI is InChI=1S/C14H28N2O/c1-11-5-3-4-6-14(11)16-8-7-13(17-2)9-12(16)10-15/h11-14H,3-10,15H2,1-2H3. The predicted molar refractivity (Wildman–Crippen MR) is 71.0 cm³/mol. The molecule has 17 heavy (non-hydrogen) atoms. The summed E-state index contributed by atoms with van der Waals surface area (Å²) in [5.74, 6) is 0.844. The fraction of sp³-hybridized carbons (Fsp3) is 1.00. The second-order valence-corrected chi connectivity index (χ2v) is 5.84. The average Bonchev–Trinajstić information content (AvgIpc) is 2.38. The van der Waals surface area contributed by atoms with E-state index in [4.69, 9.17) is 10.5 Å². The van der Waals surface area contributed by atoms with Crippen molar-refractivity contribution in [3.05, 3.63) is 0 Å². The lowest BCUT2D eigenvalue weighted by molar-refractivity contribution is -0.0222. The van der Waals surface area contributed by atoms with E-state index >= 15 is 0 Å². The molecule has 4 atom stereocenters. The molecule has 2 aliphatic rings. The Morgan fingerprint density at radius 2 is 2.00 bits per heavy atom. The van der Waals surface area contributed by atoms with Crippen LogP contribution in [0.3, 0.4) is 0 Å². The molecular weight excluding hydrogens is 212 g/mol. The largest absolute Gasteiger partial charge is 0.381 e. The number of nitrogens with two attached hydrogens (primary N) is 1. The highest BCUT2D eigenvalue weighted by Gasteiger charge is 2.35. The Kier molecular flexibility index (Phi) is 4.83. The summed E-state index contributed by atoms with van der Waals surface area (Å²) in [6.07, 6.45) is 8.31. The van der Waals surface area contributed by atoms with Crippen molar-refractivity contribution < 1.29 is 4.74 Å². The Morgan fingerprint density at radius 3 is 2.65 bits per heavy atom. The molecule has 0 aromatic rings. The second-order valence-electron chi connectivity index (χ2n) is 5.84. The molecule has 0 aromatic heterocycles. The highest BCUT2D eigenvalue weighted by molar-refractivity contribution is 4.90. The Hall–Kier alpha value is -0.120. The van der Waals surface area contributed by atoms with Gasteiger partial charge in [0.05, 0.1) is 6.10 Å². The van der Waals surface area contributed by atoms with Crippen molar-refractivity contribution in [2.75, 3.05) is 20.2 Å². The van der Waals surface area contributed by atoms with Gasteiger partial charge in [-0.05, 0) is 31.6 Å². The summed E-state index contributed by atoms with van der Waals surface area (Å²) in [4.78, 5) is 2.69. The minimum absolute atomic E-state index is 0.429. The van der Waals surface area contributed by atoms with Gasteiger partial charge in [0.2, 0.25) is 0 Å². The SMILES string of the molecule is COC1CCN(C2CCCCC2C)C(CN)C1. The van der Waals surface area contributed by atoms with Crippen molar-refractivity contribution in [2.45, 2.75) is 63.6 Å². The zero-order chi connectivity index (χ0) is 12.3. The molecule has 0 amide bonds. The van der Waals surface area contributed by atoms with Crippen LogP contribution in [0.1, 0.15) is 45.4 Å². The fourth-order valence-corrected chi connectivity index (χ4v) is 3.70. The third kappa shape index (κ3) is 3.01. The Bertz CT molecular complexity index is 234. The Balaban J connectivity index is 1.98. The number of likely N-dealkylation sites (tertiary alicyclic amines) is 1. The van der Waals surface area contributed by atoms with Gasteiger partial charge < -0.3 is 10.5 Å². The van der Waals surface area contributed by atoms with E-state index in [-0.39, 0.29) is 0 Å². The van der Waals surface area contributed by atoms with E-state index in [1.54, 1.807) is 0 Å².